The molecule has 2 aliphatic heterocycles. The molecule has 2 rings (SSSR count). The second-order valence-corrected chi connectivity index (χ2v) is 7.08. The van der Waals surface area contributed by atoms with Gasteiger partial charge in [0.2, 0.25) is 11.8 Å². The van der Waals surface area contributed by atoms with E-state index in [-0.39, 0.29) is 6.73 Å². The normalized spacial score (nSPS) is 40.4. The molecule has 2 aliphatic rings. The Bertz CT molecular complexity index is 619. The molecule has 4 unspecified atom stereocenters. The standard InChI is InChI=1S/C17H29N3O9/c1-6-12(23)14(25)10(19-8(3)21)17(28-6)29-15-11(20-9(4)22)16(26-5-18)27-7(2)13(15)24/h6-7,10-12,14-17,23,25H,5,18H2,1-4H3,(H,19,21)(H,20,22)/t6?,7?,10?,11?,12-,14-,15-,16-,17+/m1/s1. The highest BCUT2D eigenvalue weighted by molar-refractivity contribution is 5.89. The predicted octanol–water partition coefficient (Wildman–Crippen LogP) is -2.91. The average molecular weight is 419 g/mol. The van der Waals surface area contributed by atoms with Crippen LogP contribution >= 0.6 is 0 Å². The van der Waals surface area contributed by atoms with Crippen molar-refractivity contribution in [3.05, 3.63) is 0 Å². The molecule has 0 spiro atoms. The van der Waals surface area contributed by atoms with E-state index < -0.39 is 72.8 Å². The summed E-state index contributed by atoms with van der Waals surface area (Å²) in [6.07, 6.45) is -8.11. The van der Waals surface area contributed by atoms with E-state index in [2.05, 4.69) is 10.6 Å². The lowest BCUT2D eigenvalue weighted by atomic mass is 9.95. The Kier molecular flexibility index (Phi) is 8.05. The quantitative estimate of drug-likeness (QED) is 0.280. The van der Waals surface area contributed by atoms with Crippen molar-refractivity contribution in [2.45, 2.75) is 82.9 Å². The summed E-state index contributed by atoms with van der Waals surface area (Å²) >= 11 is 0. The van der Waals surface area contributed by atoms with Gasteiger partial charge in [-0.25, -0.2) is 0 Å². The molecule has 12 nitrogen and oxygen atoms in total. The van der Waals surface area contributed by atoms with Gasteiger partial charge in [-0.15, -0.1) is 0 Å². The molecule has 2 fully saturated rings. The van der Waals surface area contributed by atoms with Gasteiger partial charge in [0.15, 0.2) is 18.4 Å². The zero-order chi connectivity index (χ0) is 21.9. The van der Waals surface area contributed by atoms with E-state index in [9.17, 15) is 24.6 Å². The molecule has 2 saturated heterocycles. The second kappa shape index (κ2) is 9.89. The topological polar surface area (TPSA) is 179 Å². The van der Waals surface area contributed by atoms with Crippen LogP contribution in [-0.2, 0) is 33.3 Å². The summed E-state index contributed by atoms with van der Waals surface area (Å²) in [5.74, 6) is -1.46. The molecular formula is C17H29N3O9. The third kappa shape index (κ3) is 5.48. The Labute approximate surface area is 168 Å². The first kappa shape index (κ1) is 23.6. The fourth-order valence-corrected chi connectivity index (χ4v) is 3.35. The van der Waals surface area contributed by atoms with Crippen LogP contribution in [0.1, 0.15) is 27.7 Å². The first-order valence-electron chi connectivity index (χ1n) is 9.29. The second-order valence-electron chi connectivity index (χ2n) is 7.08. The van der Waals surface area contributed by atoms with Crippen molar-refractivity contribution in [1.29, 1.82) is 0 Å². The van der Waals surface area contributed by atoms with Crippen LogP contribution < -0.4 is 16.4 Å². The molecule has 9 atom stereocenters. The maximum absolute atomic E-state index is 12.8. The van der Waals surface area contributed by atoms with Crippen LogP contribution in [0, 0.1) is 0 Å². The summed E-state index contributed by atoms with van der Waals surface area (Å²) in [5, 5.41) is 25.5. The van der Waals surface area contributed by atoms with E-state index in [1.807, 2.05) is 0 Å². The fraction of sp³-hybridized carbons (Fsp3) is 0.824. The highest BCUT2D eigenvalue weighted by Crippen LogP contribution is 2.27. The monoisotopic (exact) mass is 419 g/mol. The zero-order valence-corrected chi connectivity index (χ0v) is 16.7. The molecule has 2 heterocycles. The van der Waals surface area contributed by atoms with Crippen molar-refractivity contribution in [2.75, 3.05) is 6.73 Å². The smallest absolute Gasteiger partial charge is 0.217 e. The number of ether oxygens (including phenoxy) is 4. The number of carbonyl (C=O) groups is 3. The predicted molar refractivity (Wildman–Crippen MR) is 95.9 cm³/mol. The Morgan fingerprint density at radius 2 is 1.62 bits per heavy atom. The molecule has 2 amide bonds. The SMILES string of the molecule is CC(=O)NC1[C@H](O[C@H]2C(=O)C(C)O[C@@H](OCN)C2NC(C)=O)OC(C)[C@@H](O)[C@@H]1O. The number of nitrogens with one attached hydrogen (secondary N) is 2. The summed E-state index contributed by atoms with van der Waals surface area (Å²) in [7, 11) is 0. The van der Waals surface area contributed by atoms with E-state index in [4.69, 9.17) is 24.7 Å². The van der Waals surface area contributed by atoms with Gasteiger partial charge in [-0.1, -0.05) is 0 Å². The van der Waals surface area contributed by atoms with Gasteiger partial charge < -0.3 is 45.5 Å². The molecule has 29 heavy (non-hydrogen) atoms. The lowest BCUT2D eigenvalue weighted by Gasteiger charge is -2.45. The largest absolute Gasteiger partial charge is 0.388 e. The number of amides is 2. The Morgan fingerprint density at radius 1 is 1.03 bits per heavy atom. The summed E-state index contributed by atoms with van der Waals surface area (Å²) in [4.78, 5) is 36.0. The van der Waals surface area contributed by atoms with Gasteiger partial charge in [0.1, 0.15) is 36.5 Å². The Hall–Kier alpha value is -1.67. The van der Waals surface area contributed by atoms with Crippen LogP contribution in [0.3, 0.4) is 0 Å². The van der Waals surface area contributed by atoms with Gasteiger partial charge in [0.25, 0.3) is 0 Å². The lowest BCUT2D eigenvalue weighted by Crippen LogP contribution is -2.68. The van der Waals surface area contributed by atoms with Gasteiger partial charge in [-0.2, -0.15) is 0 Å². The van der Waals surface area contributed by atoms with Crippen LogP contribution in [0.5, 0.6) is 0 Å². The first-order chi connectivity index (χ1) is 13.6. The molecule has 0 aromatic rings. The number of nitrogens with two attached hydrogens (primary N) is 1. The zero-order valence-electron chi connectivity index (χ0n) is 16.7. The molecule has 0 aromatic heterocycles. The molecule has 166 valence electrons. The summed E-state index contributed by atoms with van der Waals surface area (Å²) in [6.45, 7) is 5.24. The maximum atomic E-state index is 12.8. The number of ketones is 1. The number of aliphatic hydroxyl groups excluding tert-OH is 2. The average Bonchev–Trinajstić information content (AvgIpc) is 2.63. The molecule has 0 bridgehead atoms. The van der Waals surface area contributed by atoms with Crippen molar-refractivity contribution >= 4 is 17.6 Å². The van der Waals surface area contributed by atoms with E-state index >= 15 is 0 Å². The molecule has 12 heteroatoms. The number of rotatable bonds is 6. The summed E-state index contributed by atoms with van der Waals surface area (Å²) in [5.41, 5.74) is 5.42. The highest BCUT2D eigenvalue weighted by atomic mass is 16.7. The van der Waals surface area contributed by atoms with Crippen molar-refractivity contribution in [1.82, 2.24) is 10.6 Å². The number of hydrogen-bond donors (Lipinski definition) is 5. The molecule has 0 radical (unpaired) electrons. The van der Waals surface area contributed by atoms with Gasteiger partial charge in [0.05, 0.1) is 12.8 Å². The van der Waals surface area contributed by atoms with Crippen LogP contribution in [-0.4, -0.2) is 89.7 Å². The van der Waals surface area contributed by atoms with Crippen molar-refractivity contribution in [3.8, 4) is 0 Å². The Balaban J connectivity index is 2.32. The van der Waals surface area contributed by atoms with E-state index in [1.165, 1.54) is 27.7 Å². The van der Waals surface area contributed by atoms with Gasteiger partial charge in [-0.05, 0) is 13.8 Å². The molecule has 0 saturated carbocycles. The number of carbonyl (C=O) groups excluding carboxylic acids is 3. The van der Waals surface area contributed by atoms with Crippen LogP contribution in [0.2, 0.25) is 0 Å². The van der Waals surface area contributed by atoms with Crippen LogP contribution in [0.25, 0.3) is 0 Å². The maximum Gasteiger partial charge on any atom is 0.217 e. The van der Waals surface area contributed by atoms with Crippen molar-refractivity contribution in [2.24, 2.45) is 5.73 Å². The van der Waals surface area contributed by atoms with E-state index in [1.54, 1.807) is 0 Å². The molecule has 0 aliphatic carbocycles. The third-order valence-corrected chi connectivity index (χ3v) is 4.76. The minimum Gasteiger partial charge on any atom is -0.388 e. The van der Waals surface area contributed by atoms with E-state index in [0.29, 0.717) is 0 Å². The lowest BCUT2D eigenvalue weighted by molar-refractivity contribution is -0.290. The highest BCUT2D eigenvalue weighted by Gasteiger charge is 2.50. The van der Waals surface area contributed by atoms with Crippen LogP contribution in [0.15, 0.2) is 0 Å². The van der Waals surface area contributed by atoms with Gasteiger partial charge >= 0.3 is 0 Å². The van der Waals surface area contributed by atoms with Gasteiger partial charge in [0, 0.05) is 13.8 Å². The third-order valence-electron chi connectivity index (χ3n) is 4.76. The number of hydrogen-bond acceptors (Lipinski definition) is 10. The minimum absolute atomic E-state index is 0.231. The molecule has 6 N–H and O–H groups in total. The van der Waals surface area contributed by atoms with Crippen LogP contribution in [0.4, 0.5) is 0 Å². The van der Waals surface area contributed by atoms with Crippen molar-refractivity contribution < 1.29 is 43.5 Å². The van der Waals surface area contributed by atoms with Crippen molar-refractivity contribution in [3.63, 3.8) is 0 Å². The fourth-order valence-electron chi connectivity index (χ4n) is 3.35. The first-order valence-corrected chi connectivity index (χ1v) is 9.29. The van der Waals surface area contributed by atoms with E-state index in [0.717, 1.165) is 0 Å². The Morgan fingerprint density at radius 3 is 2.17 bits per heavy atom. The number of Topliss-reactive ketones (excluding diaryl/α,β-unsaturated/α-hetero) is 1. The molecular weight excluding hydrogens is 390 g/mol. The minimum atomic E-state index is -1.41. The van der Waals surface area contributed by atoms with Gasteiger partial charge in [-0.3, -0.25) is 14.4 Å². The number of aliphatic hydroxyl groups is 2. The summed E-state index contributed by atoms with van der Waals surface area (Å²) in [6, 6.07) is -2.21. The molecule has 0 aromatic carbocycles. The summed E-state index contributed by atoms with van der Waals surface area (Å²) < 4.78 is 22.2.